The number of carbonyl (C=O) groups is 2. The SMILES string of the molecule is COc1cccc(CN(C(=O)COc2cccc(C)c2C)[C@H](C)C(=O)NCC(C)C)c1. The van der Waals surface area contributed by atoms with Gasteiger partial charge in [0, 0.05) is 13.1 Å². The number of rotatable bonds is 10. The fraction of sp³-hybridized carbons (Fsp3) is 0.440. The summed E-state index contributed by atoms with van der Waals surface area (Å²) in [5.41, 5.74) is 2.97. The first kappa shape index (κ1) is 24.3. The Labute approximate surface area is 185 Å². The zero-order valence-electron chi connectivity index (χ0n) is 19.4. The Kier molecular flexibility index (Phi) is 8.91. The normalized spacial score (nSPS) is 11.7. The summed E-state index contributed by atoms with van der Waals surface area (Å²) < 4.78 is 11.1. The van der Waals surface area contributed by atoms with Gasteiger partial charge in [-0.1, -0.05) is 38.1 Å². The largest absolute Gasteiger partial charge is 0.497 e. The number of methoxy groups -OCH3 is 1. The van der Waals surface area contributed by atoms with Crippen molar-refractivity contribution < 1.29 is 19.1 Å². The molecule has 6 nitrogen and oxygen atoms in total. The van der Waals surface area contributed by atoms with Crippen LogP contribution >= 0.6 is 0 Å². The van der Waals surface area contributed by atoms with E-state index in [0.717, 1.165) is 16.7 Å². The van der Waals surface area contributed by atoms with Crippen molar-refractivity contribution in [2.45, 2.75) is 47.2 Å². The lowest BCUT2D eigenvalue weighted by Gasteiger charge is -2.29. The van der Waals surface area contributed by atoms with Crippen LogP contribution in [0.15, 0.2) is 42.5 Å². The lowest BCUT2D eigenvalue weighted by molar-refractivity contribution is -0.142. The zero-order valence-corrected chi connectivity index (χ0v) is 19.4. The Morgan fingerprint density at radius 2 is 1.77 bits per heavy atom. The van der Waals surface area contributed by atoms with Crippen molar-refractivity contribution in [3.05, 3.63) is 59.2 Å². The van der Waals surface area contributed by atoms with Gasteiger partial charge in [0.05, 0.1) is 7.11 Å². The van der Waals surface area contributed by atoms with Crippen molar-refractivity contribution in [2.75, 3.05) is 20.3 Å². The molecule has 2 amide bonds. The summed E-state index contributed by atoms with van der Waals surface area (Å²) in [6, 6.07) is 12.6. The molecule has 0 unspecified atom stereocenters. The Morgan fingerprint density at radius 3 is 2.45 bits per heavy atom. The minimum absolute atomic E-state index is 0.143. The smallest absolute Gasteiger partial charge is 0.261 e. The maximum Gasteiger partial charge on any atom is 0.261 e. The highest BCUT2D eigenvalue weighted by molar-refractivity contribution is 5.88. The summed E-state index contributed by atoms with van der Waals surface area (Å²) >= 11 is 0. The lowest BCUT2D eigenvalue weighted by Crippen LogP contribution is -2.49. The summed E-state index contributed by atoms with van der Waals surface area (Å²) in [5.74, 6) is 1.26. The van der Waals surface area contributed by atoms with E-state index < -0.39 is 6.04 Å². The highest BCUT2D eigenvalue weighted by atomic mass is 16.5. The van der Waals surface area contributed by atoms with Crippen LogP contribution in [-0.2, 0) is 16.1 Å². The minimum Gasteiger partial charge on any atom is -0.497 e. The first-order valence-electron chi connectivity index (χ1n) is 10.6. The molecule has 31 heavy (non-hydrogen) atoms. The fourth-order valence-corrected chi connectivity index (χ4v) is 3.11. The first-order valence-corrected chi connectivity index (χ1v) is 10.6. The van der Waals surface area contributed by atoms with Crippen molar-refractivity contribution in [3.8, 4) is 11.5 Å². The average molecular weight is 427 g/mol. The van der Waals surface area contributed by atoms with Crippen LogP contribution in [0.4, 0.5) is 0 Å². The van der Waals surface area contributed by atoms with Gasteiger partial charge in [-0.05, 0) is 61.6 Å². The van der Waals surface area contributed by atoms with Gasteiger partial charge in [0.2, 0.25) is 5.91 Å². The summed E-state index contributed by atoms with van der Waals surface area (Å²) in [6.07, 6.45) is 0. The van der Waals surface area contributed by atoms with Crippen molar-refractivity contribution in [3.63, 3.8) is 0 Å². The number of ether oxygens (including phenoxy) is 2. The summed E-state index contributed by atoms with van der Waals surface area (Å²) in [6.45, 7) is 10.5. The summed E-state index contributed by atoms with van der Waals surface area (Å²) in [7, 11) is 1.60. The second kappa shape index (κ2) is 11.4. The Hall–Kier alpha value is -3.02. The molecule has 0 saturated carbocycles. The predicted molar refractivity (Wildman–Crippen MR) is 122 cm³/mol. The third-order valence-electron chi connectivity index (χ3n) is 5.24. The van der Waals surface area contributed by atoms with Gasteiger partial charge in [-0.3, -0.25) is 9.59 Å². The van der Waals surface area contributed by atoms with E-state index in [2.05, 4.69) is 5.32 Å². The molecule has 6 heteroatoms. The number of nitrogens with one attached hydrogen (secondary N) is 1. The topological polar surface area (TPSA) is 67.9 Å². The van der Waals surface area contributed by atoms with Crippen molar-refractivity contribution >= 4 is 11.8 Å². The molecule has 0 aliphatic rings. The van der Waals surface area contributed by atoms with E-state index >= 15 is 0 Å². The average Bonchev–Trinajstić information content (AvgIpc) is 2.76. The van der Waals surface area contributed by atoms with E-state index in [1.165, 1.54) is 0 Å². The van der Waals surface area contributed by atoms with Crippen LogP contribution in [0.1, 0.15) is 37.5 Å². The standard InChI is InChI=1S/C25H34N2O4/c1-17(2)14-26-25(29)20(5)27(15-21-10-8-11-22(13-21)30-6)24(28)16-31-23-12-7-9-18(3)19(23)4/h7-13,17,20H,14-16H2,1-6H3,(H,26,29)/t20-/m1/s1. The van der Waals surface area contributed by atoms with Gasteiger partial charge in [0.15, 0.2) is 6.61 Å². The molecular weight excluding hydrogens is 392 g/mol. The molecule has 2 aromatic carbocycles. The summed E-state index contributed by atoms with van der Waals surface area (Å²) in [5, 5.41) is 2.92. The fourth-order valence-electron chi connectivity index (χ4n) is 3.11. The van der Waals surface area contributed by atoms with E-state index in [0.29, 0.717) is 24.0 Å². The molecule has 168 valence electrons. The molecular formula is C25H34N2O4. The molecule has 0 aliphatic heterocycles. The van der Waals surface area contributed by atoms with Crippen LogP contribution in [0.2, 0.25) is 0 Å². The van der Waals surface area contributed by atoms with Gasteiger partial charge in [-0.15, -0.1) is 0 Å². The number of nitrogens with zero attached hydrogens (tertiary/aromatic N) is 1. The zero-order chi connectivity index (χ0) is 23.0. The van der Waals surface area contributed by atoms with E-state index in [1.807, 2.05) is 70.2 Å². The second-order valence-corrected chi connectivity index (χ2v) is 8.17. The van der Waals surface area contributed by atoms with Gasteiger partial charge in [0.25, 0.3) is 5.91 Å². The van der Waals surface area contributed by atoms with Crippen LogP contribution in [-0.4, -0.2) is 43.0 Å². The molecule has 1 N–H and O–H groups in total. The van der Waals surface area contributed by atoms with Gasteiger partial charge in [-0.2, -0.15) is 0 Å². The number of hydrogen-bond donors (Lipinski definition) is 1. The number of aryl methyl sites for hydroxylation is 1. The molecule has 0 spiro atoms. The van der Waals surface area contributed by atoms with Crippen molar-refractivity contribution in [2.24, 2.45) is 5.92 Å². The third-order valence-corrected chi connectivity index (χ3v) is 5.24. The minimum atomic E-state index is -0.639. The monoisotopic (exact) mass is 426 g/mol. The van der Waals surface area contributed by atoms with E-state index in [4.69, 9.17) is 9.47 Å². The lowest BCUT2D eigenvalue weighted by atomic mass is 10.1. The van der Waals surface area contributed by atoms with E-state index in [9.17, 15) is 9.59 Å². The molecule has 0 aromatic heterocycles. The number of benzene rings is 2. The molecule has 0 aliphatic carbocycles. The van der Waals surface area contributed by atoms with Crippen LogP contribution in [0.5, 0.6) is 11.5 Å². The predicted octanol–water partition coefficient (Wildman–Crippen LogP) is 3.88. The number of amides is 2. The van der Waals surface area contributed by atoms with Crippen LogP contribution in [0.25, 0.3) is 0 Å². The van der Waals surface area contributed by atoms with E-state index in [1.54, 1.807) is 18.9 Å². The highest BCUT2D eigenvalue weighted by Crippen LogP contribution is 2.21. The van der Waals surface area contributed by atoms with Gasteiger partial charge in [-0.25, -0.2) is 0 Å². The van der Waals surface area contributed by atoms with Gasteiger partial charge in [0.1, 0.15) is 17.5 Å². The van der Waals surface area contributed by atoms with Gasteiger partial charge >= 0.3 is 0 Å². The van der Waals surface area contributed by atoms with E-state index in [-0.39, 0.29) is 25.0 Å². The molecule has 0 fully saturated rings. The quantitative estimate of drug-likeness (QED) is 0.626. The van der Waals surface area contributed by atoms with Gasteiger partial charge < -0.3 is 19.7 Å². The molecule has 1 atom stereocenters. The van der Waals surface area contributed by atoms with Crippen molar-refractivity contribution in [1.29, 1.82) is 0 Å². The molecule has 0 bridgehead atoms. The molecule has 2 aromatic rings. The Bertz CT molecular complexity index is 895. The second-order valence-electron chi connectivity index (χ2n) is 8.17. The van der Waals surface area contributed by atoms with Crippen LogP contribution in [0.3, 0.4) is 0 Å². The number of hydrogen-bond acceptors (Lipinski definition) is 4. The number of carbonyl (C=O) groups excluding carboxylic acids is 2. The highest BCUT2D eigenvalue weighted by Gasteiger charge is 2.26. The molecule has 0 radical (unpaired) electrons. The van der Waals surface area contributed by atoms with Crippen LogP contribution < -0.4 is 14.8 Å². The Balaban J connectivity index is 2.19. The first-order chi connectivity index (χ1) is 14.7. The third kappa shape index (κ3) is 7.02. The van der Waals surface area contributed by atoms with Crippen molar-refractivity contribution in [1.82, 2.24) is 10.2 Å². The summed E-state index contributed by atoms with van der Waals surface area (Å²) in [4.78, 5) is 27.4. The molecule has 2 rings (SSSR count). The maximum atomic E-state index is 13.1. The van der Waals surface area contributed by atoms with Crippen LogP contribution in [0, 0.1) is 19.8 Å². The molecule has 0 heterocycles. The molecule has 0 saturated heterocycles. The maximum absolute atomic E-state index is 13.1. The Morgan fingerprint density at radius 1 is 1.06 bits per heavy atom.